The van der Waals surface area contributed by atoms with E-state index in [0.29, 0.717) is 49.3 Å². The number of ether oxygens (including phenoxy) is 3. The molecule has 7 nitrogen and oxygen atoms in total. The molecule has 2 N–H and O–H groups in total. The van der Waals surface area contributed by atoms with Crippen LogP contribution in [0.5, 0.6) is 17.2 Å². The normalized spacial score (nSPS) is 15.5. The predicted octanol–water partition coefficient (Wildman–Crippen LogP) is 2.77. The van der Waals surface area contributed by atoms with Gasteiger partial charge in [-0.1, -0.05) is 0 Å². The van der Waals surface area contributed by atoms with E-state index in [1.807, 2.05) is 12.1 Å². The Balaban J connectivity index is 0.00000450. The van der Waals surface area contributed by atoms with Gasteiger partial charge in [0.15, 0.2) is 5.96 Å². The fourth-order valence-corrected chi connectivity index (χ4v) is 3.47. The first kappa shape index (κ1) is 26.5. The average Bonchev–Trinajstić information content (AvgIpc) is 2.73. The SMILES string of the molecule is CN=C(NCCc1c(OC)cc(OC)cc1OC)NC1CCN(CC(F)F)CC1.I. The van der Waals surface area contributed by atoms with Crippen molar-refractivity contribution in [2.75, 3.05) is 54.6 Å². The van der Waals surface area contributed by atoms with E-state index >= 15 is 0 Å². The Bertz CT molecular complexity index is 646. The Labute approximate surface area is 194 Å². The molecule has 2 rings (SSSR count). The van der Waals surface area contributed by atoms with Crippen LogP contribution in [0.4, 0.5) is 8.78 Å². The summed E-state index contributed by atoms with van der Waals surface area (Å²) in [7, 11) is 6.55. The number of hydrogen-bond acceptors (Lipinski definition) is 5. The maximum absolute atomic E-state index is 12.5. The van der Waals surface area contributed by atoms with Gasteiger partial charge in [0.25, 0.3) is 6.43 Å². The van der Waals surface area contributed by atoms with Crippen LogP contribution >= 0.6 is 24.0 Å². The van der Waals surface area contributed by atoms with E-state index in [1.165, 1.54) is 0 Å². The van der Waals surface area contributed by atoms with Gasteiger partial charge in [0, 0.05) is 50.4 Å². The molecule has 0 aliphatic carbocycles. The quantitative estimate of drug-likeness (QED) is 0.284. The van der Waals surface area contributed by atoms with Crippen molar-refractivity contribution >= 4 is 29.9 Å². The third-order valence-electron chi connectivity index (χ3n) is 5.03. The summed E-state index contributed by atoms with van der Waals surface area (Å²) < 4.78 is 41.2. The molecule has 0 amide bonds. The minimum atomic E-state index is -2.28. The fourth-order valence-electron chi connectivity index (χ4n) is 3.47. The van der Waals surface area contributed by atoms with Gasteiger partial charge in [0.05, 0.1) is 27.9 Å². The van der Waals surface area contributed by atoms with E-state index in [9.17, 15) is 8.78 Å². The summed E-state index contributed by atoms with van der Waals surface area (Å²) in [4.78, 5) is 6.08. The highest BCUT2D eigenvalue weighted by Crippen LogP contribution is 2.34. The predicted molar refractivity (Wildman–Crippen MR) is 125 cm³/mol. The zero-order chi connectivity index (χ0) is 21.2. The number of alkyl halides is 2. The van der Waals surface area contributed by atoms with Gasteiger partial charge in [0.1, 0.15) is 17.2 Å². The summed E-state index contributed by atoms with van der Waals surface area (Å²) in [6.45, 7) is 1.81. The van der Waals surface area contributed by atoms with E-state index < -0.39 is 6.43 Å². The number of likely N-dealkylation sites (tertiary alicyclic amines) is 1. The molecule has 1 aromatic carbocycles. The van der Waals surface area contributed by atoms with Gasteiger partial charge in [0.2, 0.25) is 0 Å². The van der Waals surface area contributed by atoms with Crippen LogP contribution in [0, 0.1) is 0 Å². The van der Waals surface area contributed by atoms with Crippen LogP contribution in [-0.2, 0) is 6.42 Å². The lowest BCUT2D eigenvalue weighted by Crippen LogP contribution is -2.49. The van der Waals surface area contributed by atoms with E-state index in [4.69, 9.17) is 14.2 Å². The van der Waals surface area contributed by atoms with E-state index in [0.717, 1.165) is 18.4 Å². The van der Waals surface area contributed by atoms with E-state index in [1.54, 1.807) is 33.3 Å². The van der Waals surface area contributed by atoms with E-state index in [2.05, 4.69) is 15.6 Å². The van der Waals surface area contributed by atoms with Crippen molar-refractivity contribution in [2.45, 2.75) is 31.7 Å². The molecule has 10 heteroatoms. The van der Waals surface area contributed by atoms with Crippen molar-refractivity contribution in [3.63, 3.8) is 0 Å². The highest BCUT2D eigenvalue weighted by molar-refractivity contribution is 14.0. The van der Waals surface area contributed by atoms with Crippen LogP contribution in [0.15, 0.2) is 17.1 Å². The Kier molecular flexibility index (Phi) is 12.1. The minimum Gasteiger partial charge on any atom is -0.496 e. The maximum atomic E-state index is 12.5. The first-order valence-corrected chi connectivity index (χ1v) is 9.77. The third-order valence-corrected chi connectivity index (χ3v) is 5.03. The summed E-state index contributed by atoms with van der Waals surface area (Å²) >= 11 is 0. The first-order chi connectivity index (χ1) is 14.0. The Morgan fingerprint density at radius 3 is 2.20 bits per heavy atom. The highest BCUT2D eigenvalue weighted by atomic mass is 127. The number of hydrogen-bond donors (Lipinski definition) is 2. The lowest BCUT2D eigenvalue weighted by molar-refractivity contribution is 0.0744. The Hall–Kier alpha value is -1.56. The number of methoxy groups -OCH3 is 3. The minimum absolute atomic E-state index is 0. The zero-order valence-corrected chi connectivity index (χ0v) is 20.4. The molecule has 0 bridgehead atoms. The molecule has 1 fully saturated rings. The number of rotatable bonds is 9. The molecule has 0 radical (unpaired) electrons. The lowest BCUT2D eigenvalue weighted by atomic mass is 10.1. The second-order valence-corrected chi connectivity index (χ2v) is 6.87. The number of guanidine groups is 1. The summed E-state index contributed by atoms with van der Waals surface area (Å²) in [5.74, 6) is 2.78. The molecule has 0 aromatic heterocycles. The molecule has 1 saturated heterocycles. The molecule has 1 aliphatic rings. The van der Waals surface area contributed by atoms with E-state index in [-0.39, 0.29) is 36.6 Å². The summed E-state index contributed by atoms with van der Waals surface area (Å²) in [5, 5.41) is 6.69. The van der Waals surface area contributed by atoms with Crippen LogP contribution in [0.3, 0.4) is 0 Å². The summed E-state index contributed by atoms with van der Waals surface area (Å²) in [6, 6.07) is 3.89. The molecule has 30 heavy (non-hydrogen) atoms. The molecule has 1 heterocycles. The first-order valence-electron chi connectivity index (χ1n) is 9.77. The summed E-state index contributed by atoms with van der Waals surface area (Å²) in [6.07, 6.45) is 0.0196. The topological polar surface area (TPSA) is 67.4 Å². The standard InChI is InChI=1S/C20H32F2N4O3.HI/c1-23-20(25-14-6-9-26(10-7-14)13-19(21)22)24-8-5-16-17(28-3)11-15(27-2)12-18(16)29-4;/h11-12,14,19H,5-10,13H2,1-4H3,(H2,23,24,25);1H. The molecule has 1 aliphatic heterocycles. The highest BCUT2D eigenvalue weighted by Gasteiger charge is 2.22. The monoisotopic (exact) mass is 542 g/mol. The molecule has 1 aromatic rings. The third kappa shape index (κ3) is 7.93. The van der Waals surface area contributed by atoms with Crippen LogP contribution in [0.25, 0.3) is 0 Å². The molecule has 0 spiro atoms. The fraction of sp³-hybridized carbons (Fsp3) is 0.650. The smallest absolute Gasteiger partial charge is 0.251 e. The molecular weight excluding hydrogens is 509 g/mol. The van der Waals surface area contributed by atoms with Gasteiger partial charge in [-0.15, -0.1) is 24.0 Å². The van der Waals surface area contributed by atoms with Crippen molar-refractivity contribution in [1.82, 2.24) is 15.5 Å². The molecule has 0 saturated carbocycles. The van der Waals surface area contributed by atoms with Crippen molar-refractivity contribution in [3.8, 4) is 17.2 Å². The maximum Gasteiger partial charge on any atom is 0.251 e. The van der Waals surface area contributed by atoms with Gasteiger partial charge < -0.3 is 24.8 Å². The van der Waals surface area contributed by atoms with Gasteiger partial charge in [-0.2, -0.15) is 0 Å². The van der Waals surface area contributed by atoms with Crippen LogP contribution in [0.1, 0.15) is 18.4 Å². The number of benzene rings is 1. The average molecular weight is 542 g/mol. The van der Waals surface area contributed by atoms with Crippen LogP contribution in [-0.4, -0.2) is 77.9 Å². The number of piperidine rings is 1. The van der Waals surface area contributed by atoms with Gasteiger partial charge in [-0.25, -0.2) is 8.78 Å². The number of aliphatic imine (C=N–C) groups is 1. The lowest BCUT2D eigenvalue weighted by Gasteiger charge is -2.32. The molecule has 0 unspecified atom stereocenters. The van der Waals surface area contributed by atoms with Crippen molar-refractivity contribution in [2.24, 2.45) is 4.99 Å². The van der Waals surface area contributed by atoms with Crippen molar-refractivity contribution < 1.29 is 23.0 Å². The van der Waals surface area contributed by atoms with Crippen molar-refractivity contribution in [1.29, 1.82) is 0 Å². The van der Waals surface area contributed by atoms with Crippen LogP contribution < -0.4 is 24.8 Å². The van der Waals surface area contributed by atoms with Crippen LogP contribution in [0.2, 0.25) is 0 Å². The van der Waals surface area contributed by atoms with Gasteiger partial charge in [-0.05, 0) is 19.3 Å². The molecule has 0 atom stereocenters. The second kappa shape index (κ2) is 13.7. The van der Waals surface area contributed by atoms with Crippen molar-refractivity contribution in [3.05, 3.63) is 17.7 Å². The van der Waals surface area contributed by atoms with Gasteiger partial charge in [-0.3, -0.25) is 9.89 Å². The number of nitrogens with zero attached hydrogens (tertiary/aromatic N) is 2. The Morgan fingerprint density at radius 1 is 1.13 bits per heavy atom. The molecular formula is C20H33F2IN4O3. The summed E-state index contributed by atoms with van der Waals surface area (Å²) in [5.41, 5.74) is 0.944. The zero-order valence-electron chi connectivity index (χ0n) is 18.0. The number of halogens is 3. The van der Waals surface area contributed by atoms with Gasteiger partial charge >= 0.3 is 0 Å². The largest absolute Gasteiger partial charge is 0.496 e. The molecule has 172 valence electrons. The second-order valence-electron chi connectivity index (χ2n) is 6.87. The number of nitrogens with one attached hydrogen (secondary N) is 2. The Morgan fingerprint density at radius 2 is 1.73 bits per heavy atom.